The highest BCUT2D eigenvalue weighted by molar-refractivity contribution is 9.10. The van der Waals surface area contributed by atoms with Crippen LogP contribution in [-0.4, -0.2) is 34.6 Å². The molecule has 1 atom stereocenters. The minimum absolute atomic E-state index is 0.293. The van der Waals surface area contributed by atoms with Gasteiger partial charge in [-0.1, -0.05) is 0 Å². The van der Waals surface area contributed by atoms with Crippen molar-refractivity contribution in [3.63, 3.8) is 0 Å². The third-order valence-corrected chi connectivity index (χ3v) is 3.61. The van der Waals surface area contributed by atoms with Crippen molar-refractivity contribution in [1.29, 1.82) is 0 Å². The summed E-state index contributed by atoms with van der Waals surface area (Å²) >= 11 is 3.01. The number of amides is 2. The number of hydrogen-bond donors (Lipinski definition) is 2. The van der Waals surface area contributed by atoms with E-state index in [-0.39, 0.29) is 0 Å². The number of urea groups is 1. The number of anilines is 1. The smallest absolute Gasteiger partial charge is 0.326 e. The third-order valence-electron chi connectivity index (χ3n) is 2.97. The Morgan fingerprint density at radius 3 is 2.84 bits per heavy atom. The number of hydrogen-bond acceptors (Lipinski definition) is 2. The van der Waals surface area contributed by atoms with Crippen LogP contribution in [0, 0.1) is 5.82 Å². The molecule has 0 aliphatic carbocycles. The molecular formula is C12H12BrFN2O3. The molecule has 1 fully saturated rings. The molecule has 0 aromatic heterocycles. The zero-order valence-corrected chi connectivity index (χ0v) is 11.5. The molecule has 0 bridgehead atoms. The van der Waals surface area contributed by atoms with Gasteiger partial charge in [0.25, 0.3) is 0 Å². The van der Waals surface area contributed by atoms with E-state index in [4.69, 9.17) is 5.11 Å². The number of carboxylic acid groups (broad SMARTS) is 1. The fourth-order valence-electron chi connectivity index (χ4n) is 2.04. The molecule has 1 aromatic rings. The molecule has 1 aromatic carbocycles. The molecule has 2 amide bonds. The van der Waals surface area contributed by atoms with Crippen LogP contribution < -0.4 is 5.32 Å². The normalized spacial score (nSPS) is 18.4. The van der Waals surface area contributed by atoms with Crippen LogP contribution in [0.3, 0.4) is 0 Å². The van der Waals surface area contributed by atoms with Crippen molar-refractivity contribution in [3.05, 3.63) is 28.5 Å². The van der Waals surface area contributed by atoms with E-state index in [1.54, 1.807) is 0 Å². The van der Waals surface area contributed by atoms with Crippen molar-refractivity contribution < 1.29 is 19.1 Å². The summed E-state index contributed by atoms with van der Waals surface area (Å²) in [7, 11) is 0. The van der Waals surface area contributed by atoms with Gasteiger partial charge in [0.2, 0.25) is 0 Å². The van der Waals surface area contributed by atoms with Gasteiger partial charge in [0.05, 0.1) is 4.47 Å². The van der Waals surface area contributed by atoms with Crippen molar-refractivity contribution in [2.45, 2.75) is 18.9 Å². The van der Waals surface area contributed by atoms with Crippen LogP contribution in [0.2, 0.25) is 0 Å². The first-order valence-corrected chi connectivity index (χ1v) is 6.54. The molecule has 2 N–H and O–H groups in total. The molecule has 1 saturated heterocycles. The van der Waals surface area contributed by atoms with Crippen molar-refractivity contribution >= 4 is 33.6 Å². The molecule has 1 aliphatic rings. The van der Waals surface area contributed by atoms with E-state index in [1.165, 1.54) is 23.1 Å². The predicted molar refractivity (Wildman–Crippen MR) is 70.5 cm³/mol. The topological polar surface area (TPSA) is 69.6 Å². The fraction of sp³-hybridized carbons (Fsp3) is 0.333. The molecule has 0 saturated carbocycles. The second kappa shape index (κ2) is 5.56. The third kappa shape index (κ3) is 3.04. The number of rotatable bonds is 2. The standard InChI is InChI=1S/C12H12BrFN2O3/c13-8-4-3-7(6-9(8)14)15-12(19)16-5-1-2-10(16)11(17)18/h3-4,6,10H,1-2,5H2,(H,15,19)(H,17,18)/t10-/m1/s1. The quantitative estimate of drug-likeness (QED) is 0.875. The summed E-state index contributed by atoms with van der Waals surface area (Å²) < 4.78 is 13.6. The second-order valence-corrected chi connectivity index (χ2v) is 5.10. The van der Waals surface area contributed by atoms with Crippen LogP contribution in [0.25, 0.3) is 0 Å². The molecule has 5 nitrogen and oxygen atoms in total. The van der Waals surface area contributed by atoms with E-state index < -0.39 is 23.9 Å². The molecule has 0 spiro atoms. The van der Waals surface area contributed by atoms with Crippen LogP contribution in [0.1, 0.15) is 12.8 Å². The Morgan fingerprint density at radius 2 is 2.21 bits per heavy atom. The van der Waals surface area contributed by atoms with E-state index in [1.807, 2.05) is 0 Å². The highest BCUT2D eigenvalue weighted by Crippen LogP contribution is 2.22. The summed E-state index contributed by atoms with van der Waals surface area (Å²) in [6.07, 6.45) is 1.09. The number of nitrogens with zero attached hydrogens (tertiary/aromatic N) is 1. The average molecular weight is 331 g/mol. The van der Waals surface area contributed by atoms with Gasteiger partial charge in [-0.3, -0.25) is 0 Å². The number of carbonyl (C=O) groups is 2. The van der Waals surface area contributed by atoms with Gasteiger partial charge >= 0.3 is 12.0 Å². The average Bonchev–Trinajstić information content (AvgIpc) is 2.83. The molecule has 2 rings (SSSR count). The lowest BCUT2D eigenvalue weighted by Gasteiger charge is -2.21. The molecule has 7 heteroatoms. The maximum Gasteiger partial charge on any atom is 0.326 e. The molecule has 0 unspecified atom stereocenters. The maximum atomic E-state index is 13.3. The van der Waals surface area contributed by atoms with Gasteiger partial charge in [-0.05, 0) is 47.0 Å². The number of halogens is 2. The monoisotopic (exact) mass is 330 g/mol. The van der Waals surface area contributed by atoms with E-state index in [0.717, 1.165) is 0 Å². The first-order valence-electron chi connectivity index (χ1n) is 5.74. The SMILES string of the molecule is O=C(O)[C@H]1CCCN1C(=O)Nc1ccc(Br)c(F)c1. The summed E-state index contributed by atoms with van der Waals surface area (Å²) in [6.45, 7) is 0.391. The number of aliphatic carboxylic acids is 1. The molecular weight excluding hydrogens is 319 g/mol. The van der Waals surface area contributed by atoms with Gasteiger partial charge in [0.15, 0.2) is 0 Å². The molecule has 19 heavy (non-hydrogen) atoms. The first-order chi connectivity index (χ1) is 8.99. The van der Waals surface area contributed by atoms with Crippen LogP contribution in [0.15, 0.2) is 22.7 Å². The largest absolute Gasteiger partial charge is 0.480 e. The Balaban J connectivity index is 2.08. The van der Waals surface area contributed by atoms with E-state index in [2.05, 4.69) is 21.2 Å². The number of carbonyl (C=O) groups excluding carboxylic acids is 1. The number of nitrogens with one attached hydrogen (secondary N) is 1. The Bertz CT molecular complexity index is 524. The highest BCUT2D eigenvalue weighted by atomic mass is 79.9. The lowest BCUT2D eigenvalue weighted by molar-refractivity contribution is -0.141. The summed E-state index contributed by atoms with van der Waals surface area (Å²) in [5.74, 6) is -1.51. The number of likely N-dealkylation sites (tertiary alicyclic amines) is 1. The van der Waals surface area contributed by atoms with Crippen molar-refractivity contribution in [2.24, 2.45) is 0 Å². The molecule has 1 heterocycles. The van der Waals surface area contributed by atoms with E-state index in [0.29, 0.717) is 29.5 Å². The summed E-state index contributed by atoms with van der Waals surface area (Å²) in [4.78, 5) is 24.2. The maximum absolute atomic E-state index is 13.3. The lowest BCUT2D eigenvalue weighted by Crippen LogP contribution is -2.42. The summed E-state index contributed by atoms with van der Waals surface area (Å²) in [5.41, 5.74) is 0.293. The van der Waals surface area contributed by atoms with Crippen molar-refractivity contribution in [3.8, 4) is 0 Å². The highest BCUT2D eigenvalue weighted by Gasteiger charge is 2.33. The Morgan fingerprint density at radius 1 is 1.47 bits per heavy atom. The fourth-order valence-corrected chi connectivity index (χ4v) is 2.28. The minimum atomic E-state index is -1.02. The Labute approximate surface area is 117 Å². The second-order valence-electron chi connectivity index (χ2n) is 4.25. The van der Waals surface area contributed by atoms with Crippen LogP contribution in [-0.2, 0) is 4.79 Å². The Kier molecular flexibility index (Phi) is 4.04. The molecule has 0 radical (unpaired) electrons. The number of benzene rings is 1. The van der Waals surface area contributed by atoms with Crippen LogP contribution >= 0.6 is 15.9 Å². The van der Waals surface area contributed by atoms with Crippen molar-refractivity contribution in [2.75, 3.05) is 11.9 Å². The van der Waals surface area contributed by atoms with Crippen LogP contribution in [0.5, 0.6) is 0 Å². The predicted octanol–water partition coefficient (Wildman–Crippen LogP) is 2.67. The van der Waals surface area contributed by atoms with Crippen molar-refractivity contribution in [1.82, 2.24) is 4.90 Å². The van der Waals surface area contributed by atoms with E-state index >= 15 is 0 Å². The minimum Gasteiger partial charge on any atom is -0.480 e. The van der Waals surface area contributed by atoms with E-state index in [9.17, 15) is 14.0 Å². The first kappa shape index (κ1) is 13.8. The number of carboxylic acids is 1. The Hall–Kier alpha value is -1.63. The van der Waals surface area contributed by atoms with Gasteiger partial charge in [0.1, 0.15) is 11.9 Å². The molecule has 1 aliphatic heterocycles. The van der Waals surface area contributed by atoms with Gasteiger partial charge in [-0.25, -0.2) is 14.0 Å². The van der Waals surface area contributed by atoms with Gasteiger partial charge in [-0.15, -0.1) is 0 Å². The zero-order chi connectivity index (χ0) is 14.0. The summed E-state index contributed by atoms with van der Waals surface area (Å²) in [5, 5.41) is 11.5. The lowest BCUT2D eigenvalue weighted by atomic mass is 10.2. The molecule has 102 valence electrons. The van der Waals surface area contributed by atoms with Gasteiger partial charge < -0.3 is 15.3 Å². The summed E-state index contributed by atoms with van der Waals surface area (Å²) in [6, 6.07) is 2.86. The van der Waals surface area contributed by atoms with Gasteiger partial charge in [0, 0.05) is 12.2 Å². The van der Waals surface area contributed by atoms with Gasteiger partial charge in [-0.2, -0.15) is 0 Å². The van der Waals surface area contributed by atoms with Crippen LogP contribution in [0.4, 0.5) is 14.9 Å². The zero-order valence-electron chi connectivity index (χ0n) is 9.90.